The average molecular weight is 409 g/mol. The number of hydrogen-bond acceptors (Lipinski definition) is 6. The van der Waals surface area contributed by atoms with Crippen molar-refractivity contribution in [3.63, 3.8) is 0 Å². The SMILES string of the molecule is CN=C(NCCNc1ncnc2c1cnn2C)NC1CC(C)(C)Oc2ccccc21. The van der Waals surface area contributed by atoms with Gasteiger partial charge >= 0.3 is 0 Å². The molecule has 9 heteroatoms. The molecule has 0 saturated heterocycles. The van der Waals surface area contributed by atoms with Crippen molar-refractivity contribution in [3.8, 4) is 5.75 Å². The lowest BCUT2D eigenvalue weighted by Gasteiger charge is -2.38. The van der Waals surface area contributed by atoms with Gasteiger partial charge in [0, 0.05) is 39.2 Å². The van der Waals surface area contributed by atoms with Gasteiger partial charge in [-0.1, -0.05) is 18.2 Å². The van der Waals surface area contributed by atoms with Gasteiger partial charge in [0.1, 0.15) is 23.5 Å². The number of aromatic nitrogens is 4. The van der Waals surface area contributed by atoms with E-state index in [2.05, 4.69) is 55.9 Å². The molecule has 1 atom stereocenters. The first-order valence-electron chi connectivity index (χ1n) is 10.1. The quantitative estimate of drug-likeness (QED) is 0.338. The molecule has 1 aromatic carbocycles. The first kappa shape index (κ1) is 19.9. The number of hydrogen-bond donors (Lipinski definition) is 3. The second kappa shape index (κ2) is 8.17. The average Bonchev–Trinajstić information content (AvgIpc) is 3.11. The molecule has 0 saturated carbocycles. The second-order valence-corrected chi connectivity index (χ2v) is 7.95. The highest BCUT2D eigenvalue weighted by atomic mass is 16.5. The van der Waals surface area contributed by atoms with Crippen LogP contribution in [0.1, 0.15) is 31.9 Å². The summed E-state index contributed by atoms with van der Waals surface area (Å²) in [5, 5.41) is 15.4. The number of nitrogens with zero attached hydrogens (tertiary/aromatic N) is 5. The zero-order valence-electron chi connectivity index (χ0n) is 17.8. The van der Waals surface area contributed by atoms with Crippen molar-refractivity contribution >= 4 is 22.8 Å². The summed E-state index contributed by atoms with van der Waals surface area (Å²) in [4.78, 5) is 13.0. The molecular weight excluding hydrogens is 380 g/mol. The van der Waals surface area contributed by atoms with Gasteiger partial charge in [0.15, 0.2) is 11.6 Å². The molecule has 2 aromatic heterocycles. The summed E-state index contributed by atoms with van der Waals surface area (Å²) in [5.74, 6) is 2.45. The summed E-state index contributed by atoms with van der Waals surface area (Å²) in [6.45, 7) is 5.58. The fraction of sp³-hybridized carbons (Fsp3) is 0.429. The van der Waals surface area contributed by atoms with Crippen molar-refractivity contribution in [3.05, 3.63) is 42.4 Å². The normalized spacial score (nSPS) is 17.9. The van der Waals surface area contributed by atoms with Gasteiger partial charge in [-0.3, -0.25) is 9.67 Å². The van der Waals surface area contributed by atoms with Crippen molar-refractivity contribution in [1.82, 2.24) is 30.4 Å². The molecule has 4 rings (SSSR count). The predicted octanol–water partition coefficient (Wildman–Crippen LogP) is 2.24. The van der Waals surface area contributed by atoms with Crippen LogP contribution in [0.15, 0.2) is 41.8 Å². The highest BCUT2D eigenvalue weighted by Crippen LogP contribution is 2.39. The van der Waals surface area contributed by atoms with Gasteiger partial charge in [-0.05, 0) is 19.9 Å². The molecule has 158 valence electrons. The van der Waals surface area contributed by atoms with Crippen LogP contribution in [-0.2, 0) is 7.05 Å². The number of guanidine groups is 1. The van der Waals surface area contributed by atoms with E-state index in [4.69, 9.17) is 4.74 Å². The molecule has 1 aliphatic heterocycles. The molecule has 0 fully saturated rings. The van der Waals surface area contributed by atoms with Crippen molar-refractivity contribution in [2.24, 2.45) is 12.0 Å². The molecule has 0 radical (unpaired) electrons. The first-order valence-corrected chi connectivity index (χ1v) is 10.1. The van der Waals surface area contributed by atoms with Crippen molar-refractivity contribution < 1.29 is 4.74 Å². The van der Waals surface area contributed by atoms with E-state index < -0.39 is 0 Å². The van der Waals surface area contributed by atoms with Gasteiger partial charge in [0.2, 0.25) is 0 Å². The molecule has 30 heavy (non-hydrogen) atoms. The molecule has 0 aliphatic carbocycles. The summed E-state index contributed by atoms with van der Waals surface area (Å²) < 4.78 is 7.86. The van der Waals surface area contributed by atoms with Crippen LogP contribution in [0, 0.1) is 0 Å². The van der Waals surface area contributed by atoms with Gasteiger partial charge < -0.3 is 20.7 Å². The molecule has 3 aromatic rings. The predicted molar refractivity (Wildman–Crippen MR) is 118 cm³/mol. The number of nitrogens with one attached hydrogen (secondary N) is 3. The van der Waals surface area contributed by atoms with Crippen molar-refractivity contribution in [2.75, 3.05) is 25.5 Å². The van der Waals surface area contributed by atoms with Gasteiger partial charge in [0.05, 0.1) is 17.6 Å². The second-order valence-electron chi connectivity index (χ2n) is 7.95. The van der Waals surface area contributed by atoms with Crippen molar-refractivity contribution in [1.29, 1.82) is 0 Å². The Morgan fingerprint density at radius 1 is 1.27 bits per heavy atom. The monoisotopic (exact) mass is 408 g/mol. The molecule has 1 aliphatic rings. The summed E-state index contributed by atoms with van der Waals surface area (Å²) in [7, 11) is 3.65. The van der Waals surface area contributed by atoms with Gasteiger partial charge in [-0.2, -0.15) is 5.10 Å². The van der Waals surface area contributed by atoms with E-state index in [0.717, 1.165) is 40.5 Å². The first-order chi connectivity index (χ1) is 14.5. The van der Waals surface area contributed by atoms with Crippen LogP contribution in [0.25, 0.3) is 11.0 Å². The highest BCUT2D eigenvalue weighted by molar-refractivity contribution is 5.86. The standard InChI is InChI=1S/C21H28N8O/c1-21(2)11-16(14-7-5-6-8-17(14)30-21)28-20(22-3)24-10-9-23-18-15-12-27-29(4)19(15)26-13-25-18/h5-8,12-13,16H,9-11H2,1-4H3,(H2,22,24,28)(H,23,25,26). The highest BCUT2D eigenvalue weighted by Gasteiger charge is 2.33. The van der Waals surface area contributed by atoms with Crippen LogP contribution < -0.4 is 20.7 Å². The van der Waals surface area contributed by atoms with Crippen LogP contribution in [-0.4, -0.2) is 51.4 Å². The Bertz CT molecular complexity index is 1060. The van der Waals surface area contributed by atoms with Gasteiger partial charge in [-0.15, -0.1) is 0 Å². The smallest absolute Gasteiger partial charge is 0.191 e. The molecule has 3 heterocycles. The Balaban J connectivity index is 1.35. The number of rotatable bonds is 5. The summed E-state index contributed by atoms with van der Waals surface area (Å²) in [5.41, 5.74) is 1.71. The minimum absolute atomic E-state index is 0.126. The van der Waals surface area contributed by atoms with Gasteiger partial charge in [-0.25, -0.2) is 9.97 Å². The topological polar surface area (TPSA) is 101 Å². The van der Waals surface area contributed by atoms with E-state index in [0.29, 0.717) is 13.1 Å². The minimum atomic E-state index is -0.242. The van der Waals surface area contributed by atoms with Crippen LogP contribution in [0.3, 0.4) is 0 Å². The Kier molecular flexibility index (Phi) is 5.43. The molecule has 1 unspecified atom stereocenters. The largest absolute Gasteiger partial charge is 0.487 e. The number of fused-ring (bicyclic) bond motifs is 2. The molecule has 3 N–H and O–H groups in total. The van der Waals surface area contributed by atoms with E-state index in [1.807, 2.05) is 25.2 Å². The van der Waals surface area contributed by atoms with E-state index >= 15 is 0 Å². The van der Waals surface area contributed by atoms with Crippen LogP contribution in [0.4, 0.5) is 5.82 Å². The number of aryl methyl sites for hydroxylation is 1. The van der Waals surface area contributed by atoms with E-state index in [1.54, 1.807) is 24.3 Å². The summed E-state index contributed by atoms with van der Waals surface area (Å²) >= 11 is 0. The van der Waals surface area contributed by atoms with E-state index in [1.165, 1.54) is 0 Å². The summed E-state index contributed by atoms with van der Waals surface area (Å²) in [6.07, 6.45) is 4.17. The number of aliphatic imine (C=N–C) groups is 1. The lowest BCUT2D eigenvalue weighted by molar-refractivity contribution is 0.0694. The Hall–Kier alpha value is -3.36. The Labute approximate surface area is 176 Å². The Morgan fingerprint density at radius 3 is 2.93 bits per heavy atom. The molecule has 0 amide bonds. The van der Waals surface area contributed by atoms with E-state index in [9.17, 15) is 0 Å². The number of para-hydroxylation sites is 1. The van der Waals surface area contributed by atoms with Crippen LogP contribution in [0.5, 0.6) is 5.75 Å². The molecule has 0 spiro atoms. The lowest BCUT2D eigenvalue weighted by Crippen LogP contribution is -2.46. The maximum absolute atomic E-state index is 6.12. The maximum atomic E-state index is 6.12. The third-order valence-corrected chi connectivity index (χ3v) is 5.15. The maximum Gasteiger partial charge on any atom is 0.191 e. The fourth-order valence-corrected chi connectivity index (χ4v) is 3.76. The third kappa shape index (κ3) is 4.14. The number of benzene rings is 1. The molecule has 0 bridgehead atoms. The van der Waals surface area contributed by atoms with Crippen LogP contribution >= 0.6 is 0 Å². The molecule has 9 nitrogen and oxygen atoms in total. The number of anilines is 1. The minimum Gasteiger partial charge on any atom is -0.487 e. The lowest BCUT2D eigenvalue weighted by atomic mass is 9.90. The van der Waals surface area contributed by atoms with Crippen molar-refractivity contribution in [2.45, 2.75) is 31.9 Å². The Morgan fingerprint density at radius 2 is 2.10 bits per heavy atom. The molecular formula is C21H28N8O. The zero-order chi connectivity index (χ0) is 21.1. The summed E-state index contributed by atoms with van der Waals surface area (Å²) in [6, 6.07) is 8.29. The van der Waals surface area contributed by atoms with E-state index in [-0.39, 0.29) is 11.6 Å². The zero-order valence-corrected chi connectivity index (χ0v) is 17.8. The fourth-order valence-electron chi connectivity index (χ4n) is 3.76. The van der Waals surface area contributed by atoms with Gasteiger partial charge in [0.25, 0.3) is 0 Å². The number of ether oxygens (including phenoxy) is 1. The van der Waals surface area contributed by atoms with Crippen LogP contribution in [0.2, 0.25) is 0 Å². The third-order valence-electron chi connectivity index (χ3n) is 5.15.